The third kappa shape index (κ3) is 5.05. The monoisotopic (exact) mass is 621 g/mol. The van der Waals surface area contributed by atoms with Crippen LogP contribution in [0.4, 0.5) is 10.2 Å². The highest BCUT2D eigenvalue weighted by Crippen LogP contribution is 2.35. The van der Waals surface area contributed by atoms with Gasteiger partial charge in [-0.05, 0) is 47.7 Å². The summed E-state index contributed by atoms with van der Waals surface area (Å²) in [7, 11) is 0. The molecule has 0 aliphatic carbocycles. The molecule has 1 aliphatic heterocycles. The van der Waals surface area contributed by atoms with Crippen molar-refractivity contribution in [2.45, 2.75) is 52.5 Å². The standard InChI is InChI=1S/C35H36FN7O3/c1-7-28(44)40-15-16-41(22(6)18-40)33-26-17-27(36)31(25-14-10-12-23-11-8-9-13-24(23)25)43(46)34(26)42(35(45)39-33)32-29(20(2)3)37-19-38-30(32)21(4)5/h7-14,17,19-22H,1,15-16,18H2,2-6H3/t22-/m0/s1. The maximum atomic E-state index is 16.5. The van der Waals surface area contributed by atoms with Crippen molar-refractivity contribution in [2.24, 2.45) is 0 Å². The molecule has 236 valence electrons. The van der Waals surface area contributed by atoms with Gasteiger partial charge in [-0.3, -0.25) is 4.79 Å². The van der Waals surface area contributed by atoms with Crippen LogP contribution in [0.2, 0.25) is 0 Å². The lowest BCUT2D eigenvalue weighted by atomic mass is 10.00. The molecule has 1 atom stereocenters. The van der Waals surface area contributed by atoms with Crippen molar-refractivity contribution < 1.29 is 13.9 Å². The SMILES string of the molecule is C=CC(=O)N1CCN(c2nc(=O)n(-c3c(C(C)C)ncnc3C(C)C)c3c2cc(F)c(-c2cccc4ccccc24)[n+]3[O-])[C@@H](C)C1. The van der Waals surface area contributed by atoms with Crippen LogP contribution in [0.15, 0.2) is 72.3 Å². The number of halogens is 1. The molecule has 1 fully saturated rings. The van der Waals surface area contributed by atoms with E-state index < -0.39 is 11.5 Å². The van der Waals surface area contributed by atoms with Crippen LogP contribution in [0.1, 0.15) is 57.8 Å². The van der Waals surface area contributed by atoms with Crippen molar-refractivity contribution in [3.8, 4) is 16.9 Å². The second-order valence-electron chi connectivity index (χ2n) is 12.3. The smallest absolute Gasteiger partial charge is 0.442 e. The number of benzene rings is 2. The number of nitrogens with zero attached hydrogens (tertiary/aromatic N) is 7. The fourth-order valence-electron chi connectivity index (χ4n) is 6.41. The summed E-state index contributed by atoms with van der Waals surface area (Å²) in [6.45, 7) is 14.3. The molecule has 0 N–H and O–H groups in total. The average Bonchev–Trinajstić information content (AvgIpc) is 3.04. The van der Waals surface area contributed by atoms with E-state index in [1.165, 1.54) is 23.0 Å². The van der Waals surface area contributed by atoms with Gasteiger partial charge < -0.3 is 15.0 Å². The minimum atomic E-state index is -0.752. The number of fused-ring (bicyclic) bond motifs is 2. The molecule has 0 saturated carbocycles. The Kier molecular flexibility index (Phi) is 8.01. The molecule has 1 aliphatic rings. The Balaban J connectivity index is 1.72. The van der Waals surface area contributed by atoms with Gasteiger partial charge in [-0.1, -0.05) is 70.7 Å². The lowest BCUT2D eigenvalue weighted by Gasteiger charge is -2.40. The highest BCUT2D eigenvalue weighted by atomic mass is 19.1. The Morgan fingerprint density at radius 1 is 1.04 bits per heavy atom. The molecule has 4 heterocycles. The fourth-order valence-corrected chi connectivity index (χ4v) is 6.41. The van der Waals surface area contributed by atoms with Gasteiger partial charge in [0.25, 0.3) is 0 Å². The van der Waals surface area contributed by atoms with Gasteiger partial charge in [0, 0.05) is 31.2 Å². The van der Waals surface area contributed by atoms with Crippen LogP contribution in [-0.4, -0.2) is 56.0 Å². The number of carbonyl (C=O) groups is 1. The Bertz CT molecular complexity index is 2040. The molecule has 0 unspecified atom stereocenters. The number of pyridine rings is 1. The Hall–Kier alpha value is -5.19. The Morgan fingerprint density at radius 3 is 2.37 bits per heavy atom. The van der Waals surface area contributed by atoms with E-state index in [4.69, 9.17) is 0 Å². The van der Waals surface area contributed by atoms with Crippen molar-refractivity contribution in [3.63, 3.8) is 0 Å². The van der Waals surface area contributed by atoms with E-state index in [9.17, 15) is 14.8 Å². The first-order chi connectivity index (χ1) is 22.0. The second kappa shape index (κ2) is 12.0. The summed E-state index contributed by atoms with van der Waals surface area (Å²) < 4.78 is 18.2. The zero-order chi connectivity index (χ0) is 32.9. The van der Waals surface area contributed by atoms with E-state index in [0.717, 1.165) is 5.39 Å². The summed E-state index contributed by atoms with van der Waals surface area (Å²) in [6.07, 6.45) is 2.73. The number of hydrogen-bond donors (Lipinski definition) is 0. The second-order valence-corrected chi connectivity index (χ2v) is 12.3. The Morgan fingerprint density at radius 2 is 1.72 bits per heavy atom. The average molecular weight is 622 g/mol. The summed E-state index contributed by atoms with van der Waals surface area (Å²) in [5.74, 6) is -1.04. The molecule has 10 nitrogen and oxygen atoms in total. The molecule has 0 bridgehead atoms. The number of hydrogen-bond acceptors (Lipinski definition) is 7. The molecule has 3 aromatic heterocycles. The first-order valence-electron chi connectivity index (χ1n) is 15.4. The van der Waals surface area contributed by atoms with Crippen molar-refractivity contribution in [3.05, 3.63) is 100 Å². The molecule has 1 amide bonds. The number of carbonyl (C=O) groups excluding carboxylic acids is 1. The van der Waals surface area contributed by atoms with Crippen molar-refractivity contribution in [1.29, 1.82) is 0 Å². The quantitative estimate of drug-likeness (QED) is 0.145. The van der Waals surface area contributed by atoms with Crippen LogP contribution >= 0.6 is 0 Å². The predicted molar refractivity (Wildman–Crippen MR) is 177 cm³/mol. The van der Waals surface area contributed by atoms with E-state index in [1.54, 1.807) is 17.0 Å². The molecular formula is C35H36FN7O3. The number of aromatic nitrogens is 5. The maximum Gasteiger partial charge on any atom is 0.442 e. The van der Waals surface area contributed by atoms with Gasteiger partial charge in [-0.2, -0.15) is 4.98 Å². The van der Waals surface area contributed by atoms with Gasteiger partial charge in [0.2, 0.25) is 5.91 Å². The number of piperazine rings is 1. The van der Waals surface area contributed by atoms with Crippen molar-refractivity contribution in [1.82, 2.24) is 24.4 Å². The van der Waals surface area contributed by atoms with Gasteiger partial charge in [0.05, 0.1) is 11.4 Å². The van der Waals surface area contributed by atoms with E-state index in [0.29, 0.717) is 52.4 Å². The zero-order valence-electron chi connectivity index (χ0n) is 26.6. The third-order valence-corrected chi connectivity index (χ3v) is 8.61. The normalized spacial score (nSPS) is 15.3. The van der Waals surface area contributed by atoms with Gasteiger partial charge >= 0.3 is 11.3 Å². The molecule has 46 heavy (non-hydrogen) atoms. The van der Waals surface area contributed by atoms with Crippen molar-refractivity contribution >= 4 is 33.5 Å². The molecule has 5 aromatic rings. The molecule has 0 spiro atoms. The largest absolute Gasteiger partial charge is 0.710 e. The van der Waals surface area contributed by atoms with Gasteiger partial charge in [-0.15, -0.1) is 4.57 Å². The Labute approximate surface area is 266 Å². The number of rotatable bonds is 6. The predicted octanol–water partition coefficient (Wildman–Crippen LogP) is 5.24. The minimum absolute atomic E-state index is 0.0743. The van der Waals surface area contributed by atoms with Crippen LogP contribution in [0.25, 0.3) is 38.8 Å². The lowest BCUT2D eigenvalue weighted by molar-refractivity contribution is -0.569. The molecule has 0 radical (unpaired) electrons. The maximum absolute atomic E-state index is 16.5. The first-order valence-corrected chi connectivity index (χ1v) is 15.4. The van der Waals surface area contributed by atoms with Crippen LogP contribution in [0, 0.1) is 11.0 Å². The third-order valence-electron chi connectivity index (χ3n) is 8.61. The summed E-state index contributed by atoms with van der Waals surface area (Å²) in [6, 6.07) is 13.8. The van der Waals surface area contributed by atoms with Crippen LogP contribution in [0.5, 0.6) is 0 Å². The van der Waals surface area contributed by atoms with E-state index in [2.05, 4.69) is 21.5 Å². The summed E-state index contributed by atoms with van der Waals surface area (Å²) >= 11 is 0. The molecule has 11 heteroatoms. The lowest BCUT2D eigenvalue weighted by Crippen LogP contribution is -2.54. The highest BCUT2D eigenvalue weighted by molar-refractivity contribution is 5.96. The summed E-state index contributed by atoms with van der Waals surface area (Å²) in [5, 5.41) is 16.5. The van der Waals surface area contributed by atoms with Crippen LogP contribution in [0.3, 0.4) is 0 Å². The highest BCUT2D eigenvalue weighted by Gasteiger charge is 2.35. The summed E-state index contributed by atoms with van der Waals surface area (Å²) in [4.78, 5) is 43.8. The molecule has 1 saturated heterocycles. The van der Waals surface area contributed by atoms with E-state index in [1.807, 2.05) is 69.9 Å². The molecule has 6 rings (SSSR count). The topological polar surface area (TPSA) is 111 Å². The van der Waals surface area contributed by atoms with Gasteiger partial charge in [0.1, 0.15) is 11.7 Å². The number of anilines is 1. The molecule has 2 aromatic carbocycles. The minimum Gasteiger partial charge on any atom is -0.710 e. The fraction of sp³-hybridized carbons (Fsp3) is 0.314. The first kappa shape index (κ1) is 30.8. The molecular weight excluding hydrogens is 585 g/mol. The zero-order valence-corrected chi connectivity index (χ0v) is 26.6. The summed E-state index contributed by atoms with van der Waals surface area (Å²) in [5.41, 5.74) is 0.907. The number of amides is 1. The van der Waals surface area contributed by atoms with E-state index >= 15 is 4.39 Å². The van der Waals surface area contributed by atoms with Gasteiger partial charge in [-0.25, -0.2) is 23.9 Å². The van der Waals surface area contributed by atoms with Crippen LogP contribution < -0.4 is 15.3 Å². The van der Waals surface area contributed by atoms with Crippen molar-refractivity contribution in [2.75, 3.05) is 24.5 Å². The van der Waals surface area contributed by atoms with E-state index in [-0.39, 0.29) is 46.3 Å². The van der Waals surface area contributed by atoms with Gasteiger partial charge in [0.15, 0.2) is 23.0 Å². The van der Waals surface area contributed by atoms with Crippen LogP contribution in [-0.2, 0) is 4.79 Å².